The largest absolute Gasteiger partial charge is 0.465 e. The van der Waals surface area contributed by atoms with Crippen LogP contribution in [0.3, 0.4) is 0 Å². The quantitative estimate of drug-likeness (QED) is 0.642. The first-order valence-electron chi connectivity index (χ1n) is 9.79. The van der Waals surface area contributed by atoms with E-state index in [1.165, 1.54) is 11.4 Å². The van der Waals surface area contributed by atoms with Gasteiger partial charge in [0.25, 0.3) is 0 Å². The van der Waals surface area contributed by atoms with E-state index in [4.69, 9.17) is 9.31 Å². The topological polar surface area (TPSA) is 24.9 Å². The van der Waals surface area contributed by atoms with Crippen molar-refractivity contribution in [2.75, 3.05) is 0 Å². The van der Waals surface area contributed by atoms with Gasteiger partial charge in [0.2, 0.25) is 0 Å². The summed E-state index contributed by atoms with van der Waals surface area (Å²) in [6, 6.07) is 0. The molecule has 26 heavy (non-hydrogen) atoms. The van der Waals surface area contributed by atoms with Gasteiger partial charge in [0, 0.05) is 33.4 Å². The van der Waals surface area contributed by atoms with Crippen molar-refractivity contribution < 1.29 is 9.31 Å². The zero-order valence-electron chi connectivity index (χ0n) is 19.0. The van der Waals surface area contributed by atoms with Crippen LogP contribution < -0.4 is 0 Å². The van der Waals surface area contributed by atoms with E-state index in [1.807, 2.05) is 0 Å². The Morgan fingerprint density at radius 3 is 1.04 bits per heavy atom. The molecule has 0 atom stereocenters. The van der Waals surface area contributed by atoms with Crippen LogP contribution in [0.25, 0.3) is 0 Å². The number of rotatable bonds is 2. The Morgan fingerprint density at radius 2 is 0.846 bits per heavy atom. The molecule has 146 valence electrons. The van der Waals surface area contributed by atoms with E-state index >= 15 is 0 Å². The third kappa shape index (κ3) is 4.69. The summed E-state index contributed by atoms with van der Waals surface area (Å²) in [5.41, 5.74) is 2.02. The minimum Gasteiger partial charge on any atom is -0.407 e. The summed E-state index contributed by atoms with van der Waals surface area (Å²) in [5, 5.41) is 0. The van der Waals surface area contributed by atoms with Crippen molar-refractivity contribution in [1.82, 2.24) is 9.84 Å². The highest BCUT2D eigenvalue weighted by Crippen LogP contribution is 2.46. The van der Waals surface area contributed by atoms with E-state index in [2.05, 4.69) is 105 Å². The van der Waals surface area contributed by atoms with Gasteiger partial charge in [-0.1, -0.05) is 41.5 Å². The third-order valence-electron chi connectivity index (χ3n) is 4.29. The van der Waals surface area contributed by atoms with E-state index in [0.717, 1.165) is 0 Å². The number of hydrogen-bond acceptors (Lipinski definition) is 4. The number of fused-ring (bicyclic) bond motifs is 1. The van der Waals surface area contributed by atoms with E-state index < -0.39 is 0 Å². The van der Waals surface area contributed by atoms with Gasteiger partial charge in [-0.15, -0.1) is 0 Å². The van der Waals surface area contributed by atoms with Crippen molar-refractivity contribution in [3.05, 3.63) is 23.3 Å². The molecule has 0 aromatic rings. The third-order valence-corrected chi connectivity index (χ3v) is 4.29. The molecule has 0 N–H and O–H groups in total. The predicted octanol–water partition coefficient (Wildman–Crippen LogP) is 5.08. The minimum absolute atomic E-state index is 0.00505. The van der Waals surface area contributed by atoms with Crippen LogP contribution in [0, 0.1) is 10.8 Å². The Labute approximate surface area is 162 Å². The SMILES string of the molecule is CC(C)(C)OB1C=C(C(C)(C)C)N2B(OC(C)(C)C)C=C(C(C)(C)C)N12. The molecule has 0 aromatic heterocycles. The highest BCUT2D eigenvalue weighted by atomic mass is 16.5. The Kier molecular flexibility index (Phi) is 5.22. The lowest BCUT2D eigenvalue weighted by atomic mass is 9.72. The molecule has 2 heterocycles. The van der Waals surface area contributed by atoms with Gasteiger partial charge in [-0.05, 0) is 53.5 Å². The van der Waals surface area contributed by atoms with Crippen LogP contribution in [0.5, 0.6) is 0 Å². The molecule has 0 amide bonds. The van der Waals surface area contributed by atoms with Gasteiger partial charge >= 0.3 is 14.1 Å². The van der Waals surface area contributed by atoms with Crippen LogP contribution in [0.15, 0.2) is 23.3 Å². The first-order chi connectivity index (χ1) is 11.4. The zero-order chi connectivity index (χ0) is 20.3. The minimum atomic E-state index is -0.230. The van der Waals surface area contributed by atoms with Gasteiger partial charge < -0.3 is 19.1 Å². The van der Waals surface area contributed by atoms with E-state index in [1.54, 1.807) is 0 Å². The number of hydrogen-bond donors (Lipinski definition) is 0. The summed E-state index contributed by atoms with van der Waals surface area (Å²) in [4.78, 5) is 4.62. The van der Waals surface area contributed by atoms with Crippen molar-refractivity contribution in [2.24, 2.45) is 10.8 Å². The van der Waals surface area contributed by atoms with Crippen molar-refractivity contribution in [3.8, 4) is 0 Å². The molecule has 0 radical (unpaired) electrons. The van der Waals surface area contributed by atoms with Gasteiger partial charge in [0.15, 0.2) is 0 Å². The average molecular weight is 360 g/mol. The Hall–Kier alpha value is -0.870. The first kappa shape index (κ1) is 21.4. The van der Waals surface area contributed by atoms with Gasteiger partial charge in [-0.25, -0.2) is 0 Å². The average Bonchev–Trinajstić information content (AvgIpc) is 2.84. The second-order valence-corrected chi connectivity index (χ2v) is 11.5. The Bertz CT molecular complexity index is 547. The molecule has 0 fully saturated rings. The summed E-state index contributed by atoms with van der Waals surface area (Å²) in [5.74, 6) is 4.53. The number of hydrazine groups is 1. The Morgan fingerprint density at radius 1 is 0.577 bits per heavy atom. The molecule has 0 aliphatic carbocycles. The number of allylic oxidation sites excluding steroid dienone is 2. The van der Waals surface area contributed by atoms with Crippen molar-refractivity contribution in [1.29, 1.82) is 0 Å². The molecule has 2 rings (SSSR count). The van der Waals surface area contributed by atoms with Gasteiger partial charge in [0.05, 0.1) is 0 Å². The van der Waals surface area contributed by atoms with Crippen LogP contribution in [0.2, 0.25) is 0 Å². The molecule has 0 unspecified atom stereocenters. The monoisotopic (exact) mass is 360 g/mol. The molecule has 0 bridgehead atoms. The molecule has 6 heteroatoms. The lowest BCUT2D eigenvalue weighted by Gasteiger charge is -2.43. The molecule has 0 saturated carbocycles. The summed E-state index contributed by atoms with van der Waals surface area (Å²) in [7, 11) is -0.244. The van der Waals surface area contributed by atoms with Crippen LogP contribution in [-0.4, -0.2) is 35.1 Å². The van der Waals surface area contributed by atoms with Crippen molar-refractivity contribution in [3.63, 3.8) is 0 Å². The van der Waals surface area contributed by atoms with Crippen molar-refractivity contribution >= 4 is 14.1 Å². The van der Waals surface area contributed by atoms with Crippen molar-refractivity contribution in [2.45, 2.75) is 94.3 Å². The lowest BCUT2D eigenvalue weighted by molar-refractivity contribution is 0.0648. The molecular weight excluding hydrogens is 322 g/mol. The van der Waals surface area contributed by atoms with Crippen LogP contribution in [-0.2, 0) is 9.31 Å². The lowest BCUT2D eigenvalue weighted by Crippen LogP contribution is -2.53. The van der Waals surface area contributed by atoms with Gasteiger partial charge in [-0.2, -0.15) is 0 Å². The first-order valence-corrected chi connectivity index (χ1v) is 9.79. The maximum atomic E-state index is 6.45. The van der Waals surface area contributed by atoms with Crippen LogP contribution >= 0.6 is 0 Å². The molecule has 2 aliphatic heterocycles. The molecule has 2 aliphatic rings. The summed E-state index contributed by atoms with van der Waals surface area (Å²) < 4.78 is 12.9. The molecule has 0 aromatic carbocycles. The molecule has 4 nitrogen and oxygen atoms in total. The maximum Gasteiger partial charge on any atom is 0.465 e. The summed E-state index contributed by atoms with van der Waals surface area (Å²) in [6.07, 6.45) is 0. The molecular formula is C20H38B2N2O2. The van der Waals surface area contributed by atoms with E-state index in [-0.39, 0.29) is 36.1 Å². The highest BCUT2D eigenvalue weighted by molar-refractivity contribution is 6.64. The summed E-state index contributed by atoms with van der Waals surface area (Å²) in [6.45, 7) is 26.2. The number of nitrogens with zero attached hydrogens (tertiary/aromatic N) is 2. The van der Waals surface area contributed by atoms with Gasteiger partial charge in [0.1, 0.15) is 0 Å². The normalized spacial score (nSPS) is 19.2. The van der Waals surface area contributed by atoms with E-state index in [9.17, 15) is 0 Å². The Balaban J connectivity index is 2.52. The smallest absolute Gasteiger partial charge is 0.407 e. The zero-order valence-corrected chi connectivity index (χ0v) is 19.0. The van der Waals surface area contributed by atoms with Crippen LogP contribution in [0.4, 0.5) is 0 Å². The highest BCUT2D eigenvalue weighted by Gasteiger charge is 2.54. The fourth-order valence-electron chi connectivity index (χ4n) is 3.40. The fraction of sp³-hybridized carbons (Fsp3) is 0.800. The van der Waals surface area contributed by atoms with Crippen LogP contribution in [0.1, 0.15) is 83.1 Å². The van der Waals surface area contributed by atoms with Gasteiger partial charge in [-0.3, -0.25) is 0 Å². The summed E-state index contributed by atoms with van der Waals surface area (Å²) >= 11 is 0. The standard InChI is InChI=1S/C20H38B2N2O2/c1-17(2,3)15-13-21(25-19(7,8)9)24-16(18(4,5)6)14-22(23(15)24)26-20(10,11)12/h13-14H,1-12H3. The predicted molar refractivity (Wildman–Crippen MR) is 112 cm³/mol. The second-order valence-electron chi connectivity index (χ2n) is 11.5. The van der Waals surface area contributed by atoms with E-state index in [0.29, 0.717) is 0 Å². The fourth-order valence-corrected chi connectivity index (χ4v) is 3.40. The molecule has 0 spiro atoms. The second kappa shape index (κ2) is 6.34. The maximum absolute atomic E-state index is 6.45. The molecule has 0 saturated heterocycles.